The minimum Gasteiger partial charge on any atom is -0.342 e. The van der Waals surface area contributed by atoms with Crippen LogP contribution in [0, 0.1) is 0 Å². The summed E-state index contributed by atoms with van der Waals surface area (Å²) in [5.41, 5.74) is 0. The van der Waals surface area contributed by atoms with E-state index in [0.29, 0.717) is 0 Å². The zero-order valence-corrected chi connectivity index (χ0v) is 13.0. The summed E-state index contributed by atoms with van der Waals surface area (Å²) >= 11 is 3.15. The Hall–Kier alpha value is -1.14. The number of fused-ring (bicyclic) bond motifs is 1. The van der Waals surface area contributed by atoms with Gasteiger partial charge in [0.15, 0.2) is 0 Å². The first-order chi connectivity index (χ1) is 9.75. The highest BCUT2D eigenvalue weighted by Gasteiger charge is 2.23. The van der Waals surface area contributed by atoms with Gasteiger partial charge in [0.25, 0.3) is 0 Å². The molecular weight excluding hydrogens is 290 g/mol. The monoisotopic (exact) mass is 307 g/mol. The van der Waals surface area contributed by atoms with Crippen LogP contribution in [-0.4, -0.2) is 39.1 Å². The normalized spacial score (nSPS) is 17.4. The minimum absolute atomic E-state index is 0.0916. The van der Waals surface area contributed by atoms with Crippen LogP contribution < -0.4 is 0 Å². The van der Waals surface area contributed by atoms with Crippen molar-refractivity contribution in [1.82, 2.24) is 14.9 Å². The van der Waals surface area contributed by atoms with E-state index in [1.54, 1.807) is 29.4 Å². The first-order valence-corrected chi connectivity index (χ1v) is 8.65. The summed E-state index contributed by atoms with van der Waals surface area (Å²) in [6, 6.07) is 2.03. The van der Waals surface area contributed by atoms with E-state index in [-0.39, 0.29) is 11.2 Å². The van der Waals surface area contributed by atoms with Crippen molar-refractivity contribution in [3.8, 4) is 0 Å². The zero-order valence-electron chi connectivity index (χ0n) is 11.4. The summed E-state index contributed by atoms with van der Waals surface area (Å²) in [7, 11) is 0. The third-order valence-corrected chi connectivity index (χ3v) is 5.45. The van der Waals surface area contributed by atoms with E-state index in [2.05, 4.69) is 9.97 Å². The topological polar surface area (TPSA) is 46.1 Å². The van der Waals surface area contributed by atoms with Crippen LogP contribution >= 0.6 is 23.1 Å². The maximum Gasteiger partial charge on any atom is 0.235 e. The fraction of sp³-hybridized carbons (Fsp3) is 0.500. The molecule has 1 amide bonds. The van der Waals surface area contributed by atoms with Crippen LogP contribution in [0.15, 0.2) is 22.8 Å². The van der Waals surface area contributed by atoms with Gasteiger partial charge in [0.1, 0.15) is 16.2 Å². The van der Waals surface area contributed by atoms with Crippen molar-refractivity contribution >= 4 is 39.2 Å². The fourth-order valence-electron chi connectivity index (χ4n) is 2.45. The van der Waals surface area contributed by atoms with E-state index in [9.17, 15) is 4.79 Å². The van der Waals surface area contributed by atoms with Gasteiger partial charge in [-0.2, -0.15) is 0 Å². The molecule has 2 aromatic heterocycles. The molecule has 20 heavy (non-hydrogen) atoms. The Bertz CT molecular complexity index is 607. The number of thioether (sulfide) groups is 1. The van der Waals surface area contributed by atoms with Crippen LogP contribution in [0.5, 0.6) is 0 Å². The number of nitrogens with zero attached hydrogens (tertiary/aromatic N) is 3. The number of thiophene rings is 1. The Morgan fingerprint density at radius 1 is 1.35 bits per heavy atom. The molecule has 3 rings (SSSR count). The standard InChI is InChI=1S/C14H17N3OS2/c1-10(14(18)17-6-3-2-4-7-17)20-13-11-5-8-19-12(11)15-9-16-13/h5,8-10H,2-4,6-7H2,1H3/t10-/m0/s1. The minimum atomic E-state index is -0.0916. The first-order valence-electron chi connectivity index (χ1n) is 6.89. The van der Waals surface area contributed by atoms with Gasteiger partial charge in [-0.25, -0.2) is 9.97 Å². The predicted molar refractivity (Wildman–Crippen MR) is 83.2 cm³/mol. The Kier molecular flexibility index (Phi) is 4.21. The van der Waals surface area contributed by atoms with E-state index in [1.165, 1.54) is 6.42 Å². The zero-order chi connectivity index (χ0) is 13.9. The largest absolute Gasteiger partial charge is 0.342 e. The summed E-state index contributed by atoms with van der Waals surface area (Å²) in [5, 5.41) is 3.89. The quantitative estimate of drug-likeness (QED) is 0.645. The Labute approximate surface area is 126 Å². The highest BCUT2D eigenvalue weighted by atomic mass is 32.2. The number of carbonyl (C=O) groups is 1. The molecule has 106 valence electrons. The molecule has 1 fully saturated rings. The fourth-order valence-corrected chi connectivity index (χ4v) is 4.23. The molecule has 6 heteroatoms. The number of amides is 1. The summed E-state index contributed by atoms with van der Waals surface area (Å²) < 4.78 is 0. The maximum atomic E-state index is 12.4. The Morgan fingerprint density at radius 2 is 2.15 bits per heavy atom. The van der Waals surface area contributed by atoms with Gasteiger partial charge in [-0.15, -0.1) is 11.3 Å². The van der Waals surface area contributed by atoms with Crippen LogP contribution in [0.3, 0.4) is 0 Å². The smallest absolute Gasteiger partial charge is 0.235 e. The van der Waals surface area contributed by atoms with Crippen molar-refractivity contribution in [3.05, 3.63) is 17.8 Å². The van der Waals surface area contributed by atoms with Gasteiger partial charge >= 0.3 is 0 Å². The lowest BCUT2D eigenvalue weighted by atomic mass is 10.1. The molecule has 1 saturated heterocycles. The predicted octanol–water partition coefficient (Wildman–Crippen LogP) is 3.18. The SMILES string of the molecule is C[C@H](Sc1ncnc2sccc12)C(=O)N1CCCCC1. The van der Waals surface area contributed by atoms with Crippen molar-refractivity contribution in [1.29, 1.82) is 0 Å². The van der Waals surface area contributed by atoms with Gasteiger partial charge in [0.05, 0.1) is 5.25 Å². The second-order valence-corrected chi connectivity index (χ2v) is 7.19. The molecule has 0 N–H and O–H groups in total. The molecule has 0 unspecified atom stereocenters. The number of aromatic nitrogens is 2. The molecular formula is C14H17N3OS2. The van der Waals surface area contributed by atoms with Gasteiger partial charge in [0.2, 0.25) is 5.91 Å². The average Bonchev–Trinajstić information content (AvgIpc) is 2.97. The molecule has 2 aromatic rings. The van der Waals surface area contributed by atoms with Crippen molar-refractivity contribution < 1.29 is 4.79 Å². The molecule has 0 aromatic carbocycles. The molecule has 0 spiro atoms. The van der Waals surface area contributed by atoms with Gasteiger partial charge in [-0.3, -0.25) is 4.79 Å². The highest BCUT2D eigenvalue weighted by molar-refractivity contribution is 8.00. The van der Waals surface area contributed by atoms with Gasteiger partial charge in [0, 0.05) is 18.5 Å². The van der Waals surface area contributed by atoms with E-state index in [4.69, 9.17) is 0 Å². The summed E-state index contributed by atoms with van der Waals surface area (Å²) in [5.74, 6) is 0.233. The second kappa shape index (κ2) is 6.10. The molecule has 1 atom stereocenters. The summed E-state index contributed by atoms with van der Waals surface area (Å²) in [4.78, 5) is 24.0. The van der Waals surface area contributed by atoms with Crippen LogP contribution in [0.2, 0.25) is 0 Å². The van der Waals surface area contributed by atoms with Crippen molar-refractivity contribution in [2.24, 2.45) is 0 Å². The molecule has 0 bridgehead atoms. The van der Waals surface area contributed by atoms with E-state index in [1.807, 2.05) is 23.3 Å². The lowest BCUT2D eigenvalue weighted by Gasteiger charge is -2.28. The first kappa shape index (κ1) is 13.8. The van der Waals surface area contributed by atoms with Crippen LogP contribution in [0.4, 0.5) is 0 Å². The van der Waals surface area contributed by atoms with Crippen molar-refractivity contribution in [2.45, 2.75) is 36.5 Å². The van der Waals surface area contributed by atoms with E-state index in [0.717, 1.165) is 41.2 Å². The number of piperidine rings is 1. The lowest BCUT2D eigenvalue weighted by molar-refractivity contribution is -0.131. The van der Waals surface area contributed by atoms with Crippen LogP contribution in [0.25, 0.3) is 10.2 Å². The molecule has 0 aliphatic carbocycles. The number of hydrogen-bond donors (Lipinski definition) is 0. The molecule has 1 aliphatic heterocycles. The third-order valence-electron chi connectivity index (χ3n) is 3.53. The highest BCUT2D eigenvalue weighted by Crippen LogP contribution is 2.31. The van der Waals surface area contributed by atoms with Crippen molar-refractivity contribution in [3.63, 3.8) is 0 Å². The van der Waals surface area contributed by atoms with Crippen LogP contribution in [0.1, 0.15) is 26.2 Å². The number of hydrogen-bond acceptors (Lipinski definition) is 5. The van der Waals surface area contributed by atoms with Gasteiger partial charge in [-0.05, 0) is 37.6 Å². The van der Waals surface area contributed by atoms with Crippen LogP contribution in [-0.2, 0) is 4.79 Å². The number of carbonyl (C=O) groups excluding carboxylic acids is 1. The third kappa shape index (κ3) is 2.81. The maximum absolute atomic E-state index is 12.4. The van der Waals surface area contributed by atoms with E-state index >= 15 is 0 Å². The second-order valence-electron chi connectivity index (χ2n) is 4.96. The molecule has 4 nitrogen and oxygen atoms in total. The molecule has 0 saturated carbocycles. The summed E-state index contributed by atoms with van der Waals surface area (Å²) in [6.45, 7) is 3.78. The van der Waals surface area contributed by atoms with Gasteiger partial charge < -0.3 is 4.90 Å². The van der Waals surface area contributed by atoms with Gasteiger partial charge in [-0.1, -0.05) is 11.8 Å². The number of likely N-dealkylation sites (tertiary alicyclic amines) is 1. The van der Waals surface area contributed by atoms with Crippen molar-refractivity contribution in [2.75, 3.05) is 13.1 Å². The molecule has 0 radical (unpaired) electrons. The number of rotatable bonds is 3. The molecule has 1 aliphatic rings. The lowest BCUT2D eigenvalue weighted by Crippen LogP contribution is -2.40. The Morgan fingerprint density at radius 3 is 2.95 bits per heavy atom. The molecule has 3 heterocycles. The Balaban J connectivity index is 1.73. The summed E-state index contributed by atoms with van der Waals surface area (Å²) in [6.07, 6.45) is 5.09. The average molecular weight is 307 g/mol. The van der Waals surface area contributed by atoms with E-state index < -0.39 is 0 Å².